The second-order valence-corrected chi connectivity index (χ2v) is 7.71. The third-order valence-electron chi connectivity index (χ3n) is 5.86. The molecule has 2 saturated heterocycles. The van der Waals surface area contributed by atoms with Crippen LogP contribution in [0.25, 0.3) is 0 Å². The number of piperidine rings is 1. The van der Waals surface area contributed by atoms with Gasteiger partial charge in [-0.15, -0.1) is 0 Å². The number of pyridine rings is 1. The molecule has 2 aromatic rings. The predicted octanol–water partition coefficient (Wildman–Crippen LogP) is 3.18. The van der Waals surface area contributed by atoms with Gasteiger partial charge in [0.25, 0.3) is 5.91 Å². The molecule has 1 N–H and O–H groups in total. The zero-order valence-corrected chi connectivity index (χ0v) is 16.2. The van der Waals surface area contributed by atoms with Crippen molar-refractivity contribution in [1.82, 2.24) is 14.9 Å². The number of hydrogen-bond acceptors (Lipinski definition) is 5. The Balaban J connectivity index is 1.38. The quantitative estimate of drug-likeness (QED) is 0.638. The van der Waals surface area contributed by atoms with Gasteiger partial charge in [0.1, 0.15) is 5.69 Å². The minimum Gasteiger partial charge on any atom is -0.371 e. The Bertz CT molecular complexity index is 784. The lowest BCUT2D eigenvalue weighted by molar-refractivity contribution is -0.0652. The van der Waals surface area contributed by atoms with Gasteiger partial charge >= 0.3 is 0 Å². The Morgan fingerprint density at radius 3 is 2.50 bits per heavy atom. The topological polar surface area (TPSA) is 59.9 Å². The number of amides is 1. The van der Waals surface area contributed by atoms with E-state index in [0.717, 1.165) is 42.2 Å². The molecule has 6 heteroatoms. The van der Waals surface area contributed by atoms with E-state index in [0.29, 0.717) is 6.04 Å². The molecule has 2 aliphatic heterocycles. The summed E-state index contributed by atoms with van der Waals surface area (Å²) in [7, 11) is 0. The van der Waals surface area contributed by atoms with Gasteiger partial charge in [0.15, 0.2) is 0 Å². The van der Waals surface area contributed by atoms with Gasteiger partial charge in [0, 0.05) is 31.0 Å². The van der Waals surface area contributed by atoms with Crippen molar-refractivity contribution >= 4 is 11.6 Å². The van der Waals surface area contributed by atoms with E-state index in [1.807, 2.05) is 36.4 Å². The average Bonchev–Trinajstić information content (AvgIpc) is 3.29. The fraction of sp³-hybridized carbons (Fsp3) is 0.455. The molecule has 0 unspecified atom stereocenters. The lowest BCUT2D eigenvalue weighted by Crippen LogP contribution is -2.44. The van der Waals surface area contributed by atoms with Crippen molar-refractivity contribution in [1.29, 1.82) is 0 Å². The van der Waals surface area contributed by atoms with Gasteiger partial charge in [-0.05, 0) is 56.5 Å². The molecule has 6 nitrogen and oxygen atoms in total. The summed E-state index contributed by atoms with van der Waals surface area (Å²) in [6.45, 7) is 4.61. The zero-order chi connectivity index (χ0) is 19.3. The number of likely N-dealkylation sites (tertiary alicyclic amines) is 1. The Kier molecular flexibility index (Phi) is 5.88. The van der Waals surface area contributed by atoms with Gasteiger partial charge in [0.2, 0.25) is 0 Å². The molecule has 1 amide bonds. The van der Waals surface area contributed by atoms with Crippen LogP contribution in [0, 0.1) is 0 Å². The predicted molar refractivity (Wildman–Crippen MR) is 108 cm³/mol. The summed E-state index contributed by atoms with van der Waals surface area (Å²) in [5, 5.41) is 10.9. The summed E-state index contributed by atoms with van der Waals surface area (Å²) in [4.78, 5) is 21.7. The number of aromatic nitrogens is 1. The molecule has 1 aromatic carbocycles. The third-order valence-corrected chi connectivity index (χ3v) is 5.86. The number of benzene rings is 1. The van der Waals surface area contributed by atoms with Crippen LogP contribution in [0.2, 0.25) is 0 Å². The van der Waals surface area contributed by atoms with E-state index in [-0.39, 0.29) is 12.2 Å². The number of rotatable bonds is 5. The molecule has 0 aliphatic carbocycles. The van der Waals surface area contributed by atoms with Gasteiger partial charge in [-0.25, -0.2) is 5.06 Å². The SMILES string of the molecule is O=C(c1cc(N2CCC(N3CCCC3)CC2)ccn1)N(O)Cc1ccccc1. The highest BCUT2D eigenvalue weighted by Gasteiger charge is 2.27. The van der Waals surface area contributed by atoms with Gasteiger partial charge < -0.3 is 9.80 Å². The summed E-state index contributed by atoms with van der Waals surface area (Å²) in [6.07, 6.45) is 6.64. The Morgan fingerprint density at radius 2 is 1.79 bits per heavy atom. The molecule has 4 rings (SSSR count). The average molecular weight is 380 g/mol. The van der Waals surface area contributed by atoms with E-state index in [2.05, 4.69) is 14.8 Å². The lowest BCUT2D eigenvalue weighted by atomic mass is 10.0. The van der Waals surface area contributed by atoms with Crippen LogP contribution in [0.15, 0.2) is 48.7 Å². The summed E-state index contributed by atoms with van der Waals surface area (Å²) in [5.41, 5.74) is 2.16. The van der Waals surface area contributed by atoms with Crippen molar-refractivity contribution in [2.45, 2.75) is 38.3 Å². The lowest BCUT2D eigenvalue weighted by Gasteiger charge is -2.37. The molecule has 2 aliphatic rings. The van der Waals surface area contributed by atoms with Crippen LogP contribution in [0.3, 0.4) is 0 Å². The first-order valence-electron chi connectivity index (χ1n) is 10.2. The molecule has 0 spiro atoms. The first-order valence-corrected chi connectivity index (χ1v) is 10.2. The molecular weight excluding hydrogens is 352 g/mol. The minimum atomic E-state index is -0.474. The maximum Gasteiger partial charge on any atom is 0.296 e. The Labute approximate surface area is 166 Å². The third kappa shape index (κ3) is 4.34. The highest BCUT2D eigenvalue weighted by molar-refractivity contribution is 5.92. The highest BCUT2D eigenvalue weighted by atomic mass is 16.5. The number of carbonyl (C=O) groups excluding carboxylic acids is 1. The maximum absolute atomic E-state index is 12.6. The van der Waals surface area contributed by atoms with Crippen LogP contribution in [-0.2, 0) is 6.54 Å². The van der Waals surface area contributed by atoms with Gasteiger partial charge in [-0.3, -0.25) is 15.0 Å². The van der Waals surface area contributed by atoms with E-state index in [1.54, 1.807) is 12.3 Å². The molecule has 0 radical (unpaired) electrons. The Hall–Kier alpha value is -2.44. The highest BCUT2D eigenvalue weighted by Crippen LogP contribution is 2.25. The van der Waals surface area contributed by atoms with Crippen molar-refractivity contribution < 1.29 is 10.0 Å². The summed E-state index contributed by atoms with van der Waals surface area (Å²) < 4.78 is 0. The van der Waals surface area contributed by atoms with Crippen molar-refractivity contribution in [2.75, 3.05) is 31.1 Å². The monoisotopic (exact) mass is 380 g/mol. The van der Waals surface area contributed by atoms with Crippen LogP contribution in [0.4, 0.5) is 5.69 Å². The summed E-state index contributed by atoms with van der Waals surface area (Å²) in [5.74, 6) is -0.474. The van der Waals surface area contributed by atoms with E-state index >= 15 is 0 Å². The summed E-state index contributed by atoms with van der Waals surface area (Å²) >= 11 is 0. The van der Waals surface area contributed by atoms with Gasteiger partial charge in [-0.2, -0.15) is 0 Å². The Morgan fingerprint density at radius 1 is 1.07 bits per heavy atom. The number of nitrogens with zero attached hydrogens (tertiary/aromatic N) is 4. The van der Waals surface area contributed by atoms with Crippen LogP contribution < -0.4 is 4.90 Å². The molecule has 2 fully saturated rings. The van der Waals surface area contributed by atoms with Crippen molar-refractivity contribution in [3.05, 3.63) is 59.9 Å². The number of hydrogen-bond donors (Lipinski definition) is 1. The second kappa shape index (κ2) is 8.71. The largest absolute Gasteiger partial charge is 0.371 e. The van der Waals surface area contributed by atoms with E-state index in [4.69, 9.17) is 0 Å². The van der Waals surface area contributed by atoms with E-state index < -0.39 is 5.91 Å². The summed E-state index contributed by atoms with van der Waals surface area (Å²) in [6, 6.07) is 13.9. The maximum atomic E-state index is 12.6. The first-order chi connectivity index (χ1) is 13.7. The van der Waals surface area contributed by atoms with E-state index in [1.165, 1.54) is 25.9 Å². The number of anilines is 1. The standard InChI is InChI=1S/C22H28N4O2/c27-22(26(28)17-18-6-2-1-3-7-18)21-16-20(8-11-23-21)25-14-9-19(10-15-25)24-12-4-5-13-24/h1-3,6-8,11,16,19,28H,4-5,9-10,12-15,17H2. The van der Waals surface area contributed by atoms with Crippen LogP contribution in [0.5, 0.6) is 0 Å². The molecule has 1 aromatic heterocycles. The molecule has 3 heterocycles. The minimum absolute atomic E-state index is 0.146. The molecule has 0 bridgehead atoms. The number of hydroxylamine groups is 2. The van der Waals surface area contributed by atoms with Crippen LogP contribution in [0.1, 0.15) is 41.7 Å². The van der Waals surface area contributed by atoms with Gasteiger partial charge in [-0.1, -0.05) is 30.3 Å². The van der Waals surface area contributed by atoms with E-state index in [9.17, 15) is 10.0 Å². The molecule has 148 valence electrons. The van der Waals surface area contributed by atoms with Gasteiger partial charge in [0.05, 0.1) is 6.54 Å². The molecule has 0 saturated carbocycles. The van der Waals surface area contributed by atoms with Crippen LogP contribution in [-0.4, -0.2) is 58.3 Å². The smallest absolute Gasteiger partial charge is 0.296 e. The fourth-order valence-electron chi connectivity index (χ4n) is 4.29. The van der Waals surface area contributed by atoms with Crippen LogP contribution >= 0.6 is 0 Å². The normalized spacial score (nSPS) is 18.4. The van der Waals surface area contributed by atoms with Crippen molar-refractivity contribution in [2.24, 2.45) is 0 Å². The second-order valence-electron chi connectivity index (χ2n) is 7.71. The first kappa shape index (κ1) is 18.9. The molecular formula is C22H28N4O2. The van der Waals surface area contributed by atoms with Crippen molar-refractivity contribution in [3.63, 3.8) is 0 Å². The molecule has 28 heavy (non-hydrogen) atoms. The van der Waals surface area contributed by atoms with Crippen molar-refractivity contribution in [3.8, 4) is 0 Å². The number of carbonyl (C=O) groups is 1. The fourth-order valence-corrected chi connectivity index (χ4v) is 4.29. The molecule has 0 atom stereocenters. The zero-order valence-electron chi connectivity index (χ0n) is 16.2.